The van der Waals surface area contributed by atoms with E-state index in [9.17, 15) is 14.8 Å². The molecule has 5 N–H and O–H groups in total. The van der Waals surface area contributed by atoms with Crippen LogP contribution in [0.15, 0.2) is 48.7 Å². The first-order chi connectivity index (χ1) is 14.8. The van der Waals surface area contributed by atoms with E-state index in [1.54, 1.807) is 37.3 Å². The third-order valence-corrected chi connectivity index (χ3v) is 5.04. The number of nitrogens with two attached hydrogens (primary N) is 1. The van der Waals surface area contributed by atoms with Gasteiger partial charge in [0.1, 0.15) is 5.69 Å². The van der Waals surface area contributed by atoms with Crippen molar-refractivity contribution in [3.63, 3.8) is 0 Å². The average Bonchev–Trinajstić information content (AvgIpc) is 3.09. The maximum atomic E-state index is 11.8. The van der Waals surface area contributed by atoms with Gasteiger partial charge in [-0.3, -0.25) is 4.79 Å². The lowest BCUT2D eigenvalue weighted by Gasteiger charge is -2.11. The molecule has 0 unspecified atom stereocenters. The zero-order valence-electron chi connectivity index (χ0n) is 17.1. The highest BCUT2D eigenvalue weighted by molar-refractivity contribution is 6.58. The Balaban J connectivity index is 1.69. The third kappa shape index (κ3) is 3.98. The Morgan fingerprint density at radius 3 is 2.71 bits per heavy atom. The molecule has 9 nitrogen and oxygen atoms in total. The Hall–Kier alpha value is -3.76. The lowest BCUT2D eigenvalue weighted by molar-refractivity contribution is 0.100. The molecule has 3 aromatic heterocycles. The minimum atomic E-state index is -1.52. The molecule has 0 aliphatic heterocycles. The van der Waals surface area contributed by atoms with Crippen molar-refractivity contribution in [2.75, 3.05) is 5.32 Å². The monoisotopic (exact) mass is 416 g/mol. The van der Waals surface area contributed by atoms with Crippen LogP contribution >= 0.6 is 0 Å². The van der Waals surface area contributed by atoms with Crippen molar-refractivity contribution < 1.29 is 14.8 Å². The van der Waals surface area contributed by atoms with Gasteiger partial charge in [0.05, 0.1) is 16.8 Å². The number of rotatable bonds is 6. The Kier molecular flexibility index (Phi) is 5.41. The van der Waals surface area contributed by atoms with E-state index in [0.29, 0.717) is 40.4 Å². The van der Waals surface area contributed by atoms with Crippen LogP contribution in [0.1, 0.15) is 27.2 Å². The Morgan fingerprint density at radius 1 is 1.16 bits per heavy atom. The molecule has 1 amide bonds. The number of carbonyl (C=O) groups excluding carboxylic acids is 1. The van der Waals surface area contributed by atoms with Gasteiger partial charge in [-0.05, 0) is 48.6 Å². The van der Waals surface area contributed by atoms with E-state index in [1.807, 2.05) is 29.7 Å². The lowest BCUT2D eigenvalue weighted by atomic mass is 9.80. The quantitative estimate of drug-likeness (QED) is 0.341. The highest BCUT2D eigenvalue weighted by Crippen LogP contribution is 2.27. The first-order valence-electron chi connectivity index (χ1n) is 9.66. The first-order valence-corrected chi connectivity index (χ1v) is 9.66. The van der Waals surface area contributed by atoms with Gasteiger partial charge in [-0.1, -0.05) is 24.3 Å². The number of amides is 1. The van der Waals surface area contributed by atoms with Gasteiger partial charge in [0.25, 0.3) is 5.91 Å². The van der Waals surface area contributed by atoms with E-state index in [-0.39, 0.29) is 0 Å². The predicted molar refractivity (Wildman–Crippen MR) is 118 cm³/mol. The number of carbonyl (C=O) groups is 1. The van der Waals surface area contributed by atoms with Crippen LogP contribution in [0.3, 0.4) is 0 Å². The zero-order valence-corrected chi connectivity index (χ0v) is 17.1. The van der Waals surface area contributed by atoms with Crippen molar-refractivity contribution in [2.24, 2.45) is 5.73 Å². The fraction of sp³-hybridized carbons (Fsp3) is 0.143. The number of pyridine rings is 1. The van der Waals surface area contributed by atoms with E-state index >= 15 is 0 Å². The van der Waals surface area contributed by atoms with E-state index < -0.39 is 13.0 Å². The molecule has 0 spiro atoms. The van der Waals surface area contributed by atoms with Crippen LogP contribution in [0.2, 0.25) is 0 Å². The van der Waals surface area contributed by atoms with Crippen molar-refractivity contribution in [3.8, 4) is 11.5 Å². The second-order valence-electron chi connectivity index (χ2n) is 7.26. The number of nitrogens with zero attached hydrogens (tertiary/aromatic N) is 4. The number of anilines is 1. The number of hydrogen-bond donors (Lipinski definition) is 4. The summed E-state index contributed by atoms with van der Waals surface area (Å²) in [6.45, 7) is 4.13. The minimum Gasteiger partial charge on any atom is -0.423 e. The smallest absolute Gasteiger partial charge is 0.423 e. The molecule has 0 saturated carbocycles. The first kappa shape index (κ1) is 20.5. The van der Waals surface area contributed by atoms with Crippen LogP contribution < -0.4 is 16.5 Å². The summed E-state index contributed by atoms with van der Waals surface area (Å²) < 4.78 is 1.83. The molecule has 156 valence electrons. The van der Waals surface area contributed by atoms with Gasteiger partial charge in [0.2, 0.25) is 5.82 Å². The van der Waals surface area contributed by atoms with Crippen molar-refractivity contribution in [1.82, 2.24) is 19.6 Å². The van der Waals surface area contributed by atoms with Gasteiger partial charge >= 0.3 is 7.12 Å². The Morgan fingerprint density at radius 2 is 1.97 bits per heavy atom. The van der Waals surface area contributed by atoms with Crippen LogP contribution in [0.4, 0.5) is 5.82 Å². The Bertz CT molecular complexity index is 1290. The number of fused-ring (bicyclic) bond motifs is 1. The highest BCUT2D eigenvalue weighted by Gasteiger charge is 2.18. The lowest BCUT2D eigenvalue weighted by Crippen LogP contribution is -2.30. The maximum absolute atomic E-state index is 11.8. The van der Waals surface area contributed by atoms with Gasteiger partial charge < -0.3 is 25.5 Å². The molecule has 0 aliphatic carbocycles. The standard InChI is InChI=1S/C21H21BN6O3/c1-12-9-17-16(19(23)29)7-4-8-28(17)18(12)21-25-20(13(2)26-27-21)24-11-14-5-3-6-15(10-14)22(30)31/h3-10,30-31H,11H2,1-2H3,(H2,23,29)(H,24,25,27). The van der Waals surface area contributed by atoms with Crippen molar-refractivity contribution in [2.45, 2.75) is 20.4 Å². The summed E-state index contributed by atoms with van der Waals surface area (Å²) in [6.07, 6.45) is 1.83. The molecule has 31 heavy (non-hydrogen) atoms. The molecule has 4 aromatic rings. The predicted octanol–water partition coefficient (Wildman–Crippen LogP) is 0.799. The van der Waals surface area contributed by atoms with Crippen LogP contribution in [-0.4, -0.2) is 42.7 Å². The molecule has 0 radical (unpaired) electrons. The topological polar surface area (TPSA) is 139 Å². The number of nitrogens with one attached hydrogen (secondary N) is 1. The normalized spacial score (nSPS) is 11.0. The number of hydrogen-bond acceptors (Lipinski definition) is 7. The Labute approximate surface area is 178 Å². The summed E-state index contributed by atoms with van der Waals surface area (Å²) >= 11 is 0. The fourth-order valence-corrected chi connectivity index (χ4v) is 3.52. The van der Waals surface area contributed by atoms with Crippen LogP contribution in [0, 0.1) is 13.8 Å². The van der Waals surface area contributed by atoms with Gasteiger partial charge in [0, 0.05) is 12.7 Å². The fourth-order valence-electron chi connectivity index (χ4n) is 3.52. The summed E-state index contributed by atoms with van der Waals surface area (Å²) in [4.78, 5) is 16.4. The van der Waals surface area contributed by atoms with Crippen LogP contribution in [0.5, 0.6) is 0 Å². The summed E-state index contributed by atoms with van der Waals surface area (Å²) in [7, 11) is -1.52. The summed E-state index contributed by atoms with van der Waals surface area (Å²) in [5.74, 6) is 0.460. The number of aromatic nitrogens is 4. The van der Waals surface area contributed by atoms with Gasteiger partial charge in [0.15, 0.2) is 5.82 Å². The van der Waals surface area contributed by atoms with E-state index in [1.165, 1.54) is 0 Å². The highest BCUT2D eigenvalue weighted by atomic mass is 16.4. The largest absolute Gasteiger partial charge is 0.488 e. The minimum absolute atomic E-state index is 0.409. The maximum Gasteiger partial charge on any atom is 0.488 e. The van der Waals surface area contributed by atoms with E-state index in [2.05, 4.69) is 20.5 Å². The molecular formula is C21H21BN6O3. The summed E-state index contributed by atoms with van der Waals surface area (Å²) in [6, 6.07) is 12.3. The second kappa shape index (κ2) is 8.17. The van der Waals surface area contributed by atoms with Crippen molar-refractivity contribution in [1.29, 1.82) is 0 Å². The zero-order chi connectivity index (χ0) is 22.1. The van der Waals surface area contributed by atoms with Crippen LogP contribution in [0.25, 0.3) is 17.0 Å². The molecule has 0 fully saturated rings. The van der Waals surface area contributed by atoms with Gasteiger partial charge in [-0.2, -0.15) is 0 Å². The third-order valence-electron chi connectivity index (χ3n) is 5.04. The molecule has 3 heterocycles. The molecule has 4 rings (SSSR count). The van der Waals surface area contributed by atoms with E-state index in [0.717, 1.165) is 16.8 Å². The molecule has 1 aromatic carbocycles. The average molecular weight is 416 g/mol. The van der Waals surface area contributed by atoms with Crippen molar-refractivity contribution >= 4 is 29.8 Å². The number of primary amides is 1. The number of aryl methyl sites for hydroxylation is 2. The molecule has 0 aliphatic rings. The summed E-state index contributed by atoms with van der Waals surface area (Å²) in [5.41, 5.74) is 10.1. The second-order valence-corrected chi connectivity index (χ2v) is 7.26. The van der Waals surface area contributed by atoms with Crippen LogP contribution in [-0.2, 0) is 6.54 Å². The molecule has 0 bridgehead atoms. The molecule has 0 saturated heterocycles. The van der Waals surface area contributed by atoms with E-state index in [4.69, 9.17) is 5.73 Å². The SMILES string of the molecule is Cc1cc2c(C(N)=O)cccn2c1-c1nnc(C)c(NCc2cccc(B(O)O)c2)n1. The molecular weight excluding hydrogens is 395 g/mol. The molecule has 0 atom stereocenters. The van der Waals surface area contributed by atoms with Gasteiger partial charge in [-0.25, -0.2) is 4.98 Å². The number of benzene rings is 1. The van der Waals surface area contributed by atoms with Gasteiger partial charge in [-0.15, -0.1) is 10.2 Å². The molecule has 10 heteroatoms. The summed E-state index contributed by atoms with van der Waals surface area (Å²) in [5, 5.41) is 30.4. The van der Waals surface area contributed by atoms with Crippen molar-refractivity contribution in [3.05, 3.63) is 71.0 Å².